The minimum absolute atomic E-state index is 0.0794. The third-order valence-electron chi connectivity index (χ3n) is 4.05. The highest BCUT2D eigenvalue weighted by Crippen LogP contribution is 2.39. The molecule has 2 heterocycles. The van der Waals surface area contributed by atoms with Gasteiger partial charge in [-0.2, -0.15) is 5.10 Å². The molecular weight excluding hydrogens is 298 g/mol. The third kappa shape index (κ3) is 3.28. The summed E-state index contributed by atoms with van der Waals surface area (Å²) in [6.07, 6.45) is 5.67. The number of aromatic nitrogens is 4. The Balaban J connectivity index is 1.61. The number of hydrogen-bond acceptors (Lipinski definition) is 4. The van der Waals surface area contributed by atoms with Crippen LogP contribution in [-0.4, -0.2) is 20.2 Å². The number of rotatable bonds is 4. The number of H-pyrrole nitrogens is 1. The minimum atomic E-state index is -0.0794. The van der Waals surface area contributed by atoms with Gasteiger partial charge < -0.3 is 0 Å². The summed E-state index contributed by atoms with van der Waals surface area (Å²) >= 11 is 0. The van der Waals surface area contributed by atoms with Gasteiger partial charge >= 0.3 is 0 Å². The molecule has 0 amide bonds. The van der Waals surface area contributed by atoms with E-state index in [4.69, 9.17) is 0 Å². The van der Waals surface area contributed by atoms with E-state index in [-0.39, 0.29) is 5.92 Å². The van der Waals surface area contributed by atoms with Gasteiger partial charge in [-0.15, -0.1) is 0 Å². The van der Waals surface area contributed by atoms with Crippen molar-refractivity contribution in [2.75, 3.05) is 5.32 Å². The Morgan fingerprint density at radius 1 is 1.17 bits per heavy atom. The third-order valence-corrected chi connectivity index (χ3v) is 4.05. The molecule has 2 N–H and O–H groups in total. The molecule has 118 valence electrons. The highest BCUT2D eigenvalue weighted by atomic mass is 15.1. The molecule has 1 aromatic carbocycles. The summed E-state index contributed by atoms with van der Waals surface area (Å²) in [5.41, 5.74) is 3.31. The molecular formula is C19H17N5. The highest BCUT2D eigenvalue weighted by molar-refractivity contribution is 5.43. The van der Waals surface area contributed by atoms with E-state index in [9.17, 15) is 0 Å². The molecule has 0 radical (unpaired) electrons. The molecule has 0 bridgehead atoms. The molecule has 1 atom stereocenters. The van der Waals surface area contributed by atoms with Crippen LogP contribution in [0.2, 0.25) is 0 Å². The average molecular weight is 315 g/mol. The van der Waals surface area contributed by atoms with Crippen LogP contribution in [0, 0.1) is 12.0 Å². The predicted octanol–water partition coefficient (Wildman–Crippen LogP) is 3.28. The molecule has 4 rings (SSSR count). The van der Waals surface area contributed by atoms with Crippen molar-refractivity contribution < 1.29 is 0 Å². The van der Waals surface area contributed by atoms with Gasteiger partial charge in [0.2, 0.25) is 0 Å². The number of benzene rings is 1. The second-order valence-corrected chi connectivity index (χ2v) is 5.86. The fraction of sp³-hybridized carbons (Fsp3) is 0.211. The standard InChI is InChI=1S/C19H17N5/c1-2-4-14(5-3-1)16(8-11-21-19-9-10-20-13-22-19)18-12-17(23-24-18)15-6-7-15/h1-5,9-10,12-13,15-16H,6-7H2,(H,23,24)(H,20,21,22). The first-order chi connectivity index (χ1) is 11.9. The first-order valence-corrected chi connectivity index (χ1v) is 8.03. The van der Waals surface area contributed by atoms with Gasteiger partial charge in [-0.25, -0.2) is 9.97 Å². The van der Waals surface area contributed by atoms with Crippen molar-refractivity contribution in [1.29, 1.82) is 0 Å². The maximum atomic E-state index is 4.50. The van der Waals surface area contributed by atoms with Crippen molar-refractivity contribution in [2.24, 2.45) is 0 Å². The number of hydrogen-bond donors (Lipinski definition) is 2. The van der Waals surface area contributed by atoms with E-state index >= 15 is 0 Å². The average Bonchev–Trinajstić information content (AvgIpc) is 3.38. The number of nitrogens with zero attached hydrogens (tertiary/aromatic N) is 3. The summed E-state index contributed by atoms with van der Waals surface area (Å²) in [6.45, 7) is 0. The predicted molar refractivity (Wildman–Crippen MR) is 92.3 cm³/mol. The quantitative estimate of drug-likeness (QED) is 0.573. The Kier molecular flexibility index (Phi) is 3.95. The molecule has 1 saturated carbocycles. The summed E-state index contributed by atoms with van der Waals surface area (Å²) in [5.74, 6) is 4.52. The summed E-state index contributed by atoms with van der Waals surface area (Å²) in [6, 6.07) is 17.2. The summed E-state index contributed by atoms with van der Waals surface area (Å²) < 4.78 is 0. The van der Waals surface area contributed by atoms with Gasteiger partial charge in [0.25, 0.3) is 0 Å². The molecule has 1 aliphatic rings. The van der Waals surface area contributed by atoms with E-state index in [1.54, 1.807) is 12.3 Å². The fourth-order valence-corrected chi connectivity index (χ4v) is 2.61. The van der Waals surface area contributed by atoms with Crippen molar-refractivity contribution in [1.82, 2.24) is 20.2 Å². The monoisotopic (exact) mass is 315 g/mol. The maximum Gasteiger partial charge on any atom is 0.140 e. The molecule has 24 heavy (non-hydrogen) atoms. The van der Waals surface area contributed by atoms with Crippen molar-refractivity contribution in [3.63, 3.8) is 0 Å². The van der Waals surface area contributed by atoms with Gasteiger partial charge in [-0.05, 0) is 30.5 Å². The molecule has 3 aromatic rings. The Morgan fingerprint density at radius 2 is 2.04 bits per heavy atom. The van der Waals surface area contributed by atoms with E-state index < -0.39 is 0 Å². The number of aromatic amines is 1. The zero-order valence-electron chi connectivity index (χ0n) is 13.1. The van der Waals surface area contributed by atoms with Crippen LogP contribution < -0.4 is 5.32 Å². The minimum Gasteiger partial charge on any atom is -0.299 e. The highest BCUT2D eigenvalue weighted by Gasteiger charge is 2.26. The molecule has 0 saturated heterocycles. The zero-order chi connectivity index (χ0) is 16.2. The number of anilines is 1. The second-order valence-electron chi connectivity index (χ2n) is 5.86. The van der Waals surface area contributed by atoms with Gasteiger partial charge in [0.1, 0.15) is 12.1 Å². The topological polar surface area (TPSA) is 66.5 Å². The SMILES string of the molecule is C(#CC(c1ccccc1)c1cc(C2CC2)[nH]n1)Nc1ccncn1. The van der Waals surface area contributed by atoms with Gasteiger partial charge in [-0.1, -0.05) is 36.3 Å². The zero-order valence-corrected chi connectivity index (χ0v) is 13.1. The lowest BCUT2D eigenvalue weighted by Crippen LogP contribution is -2.00. The van der Waals surface area contributed by atoms with Crippen molar-refractivity contribution in [2.45, 2.75) is 24.7 Å². The smallest absolute Gasteiger partial charge is 0.140 e. The van der Waals surface area contributed by atoms with E-state index in [0.717, 1.165) is 11.3 Å². The lowest BCUT2D eigenvalue weighted by atomic mass is 9.96. The summed E-state index contributed by atoms with van der Waals surface area (Å²) in [5, 5.41) is 10.7. The molecule has 2 aromatic heterocycles. The first kappa shape index (κ1) is 14.5. The molecule has 1 unspecified atom stereocenters. The van der Waals surface area contributed by atoms with Crippen molar-refractivity contribution in [3.8, 4) is 12.0 Å². The van der Waals surface area contributed by atoms with Crippen molar-refractivity contribution in [3.05, 3.63) is 71.9 Å². The largest absolute Gasteiger partial charge is 0.299 e. The van der Waals surface area contributed by atoms with Crippen LogP contribution in [0.3, 0.4) is 0 Å². The first-order valence-electron chi connectivity index (χ1n) is 8.03. The van der Waals surface area contributed by atoms with Crippen LogP contribution in [0.1, 0.15) is 41.6 Å². The number of nitrogens with one attached hydrogen (secondary N) is 2. The lowest BCUT2D eigenvalue weighted by molar-refractivity contribution is 0.914. The van der Waals surface area contributed by atoms with Crippen LogP contribution in [-0.2, 0) is 0 Å². The van der Waals surface area contributed by atoms with Crippen molar-refractivity contribution >= 4 is 5.82 Å². The van der Waals surface area contributed by atoms with Gasteiger partial charge in [0.15, 0.2) is 0 Å². The van der Waals surface area contributed by atoms with Gasteiger partial charge in [-0.3, -0.25) is 10.4 Å². The van der Waals surface area contributed by atoms with E-state index in [2.05, 4.69) is 55.6 Å². The molecule has 0 aliphatic heterocycles. The Morgan fingerprint density at radius 3 is 2.79 bits per heavy atom. The summed E-state index contributed by atoms with van der Waals surface area (Å²) in [7, 11) is 0. The lowest BCUT2D eigenvalue weighted by Gasteiger charge is -2.07. The molecule has 0 spiro atoms. The molecule has 1 aliphatic carbocycles. The Labute approximate surface area is 140 Å². The maximum absolute atomic E-state index is 4.50. The Bertz CT molecular complexity index is 857. The van der Waals surface area contributed by atoms with Gasteiger partial charge in [0, 0.05) is 23.9 Å². The molecule has 5 nitrogen and oxygen atoms in total. The van der Waals surface area contributed by atoms with Crippen LogP contribution in [0.25, 0.3) is 0 Å². The normalized spacial score (nSPS) is 14.5. The fourth-order valence-electron chi connectivity index (χ4n) is 2.61. The van der Waals surface area contributed by atoms with Crippen LogP contribution in [0.15, 0.2) is 55.0 Å². The second kappa shape index (κ2) is 6.55. The van der Waals surface area contributed by atoms with E-state index in [0.29, 0.717) is 11.7 Å². The summed E-state index contributed by atoms with van der Waals surface area (Å²) in [4.78, 5) is 8.01. The molecule has 1 fully saturated rings. The van der Waals surface area contributed by atoms with Gasteiger partial charge in [0.05, 0.1) is 11.6 Å². The van der Waals surface area contributed by atoms with Crippen LogP contribution in [0.4, 0.5) is 5.82 Å². The molecule has 5 heteroatoms. The van der Waals surface area contributed by atoms with Crippen LogP contribution >= 0.6 is 0 Å². The van der Waals surface area contributed by atoms with E-state index in [1.165, 1.54) is 24.9 Å². The Hall–Kier alpha value is -3.13. The van der Waals surface area contributed by atoms with E-state index in [1.807, 2.05) is 18.2 Å². The van der Waals surface area contributed by atoms with Crippen LogP contribution in [0.5, 0.6) is 0 Å².